The van der Waals surface area contributed by atoms with Gasteiger partial charge in [0, 0.05) is 18.8 Å². The smallest absolute Gasteiger partial charge is 0.257 e. The monoisotopic (exact) mass is 236 g/mol. The highest BCUT2D eigenvalue weighted by Gasteiger charge is 2.27. The van der Waals surface area contributed by atoms with Crippen molar-refractivity contribution in [3.63, 3.8) is 0 Å². The normalized spacial score (nSPS) is 20.5. The van der Waals surface area contributed by atoms with E-state index in [9.17, 15) is 4.79 Å². The molecule has 5 nitrogen and oxygen atoms in total. The van der Waals surface area contributed by atoms with Gasteiger partial charge in [-0.2, -0.15) is 5.10 Å². The second kappa shape index (κ2) is 5.82. The zero-order valence-electron chi connectivity index (χ0n) is 10.3. The average molecular weight is 236 g/mol. The van der Waals surface area contributed by atoms with Crippen LogP contribution in [-0.4, -0.2) is 47.2 Å². The first-order valence-electron chi connectivity index (χ1n) is 6.27. The van der Waals surface area contributed by atoms with Crippen LogP contribution in [0.4, 0.5) is 0 Å². The molecule has 0 spiro atoms. The molecular formula is C12H20N4O. The fourth-order valence-electron chi connectivity index (χ4n) is 2.41. The molecule has 1 aromatic heterocycles. The molecule has 0 aliphatic carbocycles. The number of amides is 1. The second-order valence-corrected chi connectivity index (χ2v) is 4.53. The van der Waals surface area contributed by atoms with Crippen LogP contribution in [0, 0.1) is 0 Å². The maximum Gasteiger partial charge on any atom is 0.257 e. The Morgan fingerprint density at radius 3 is 3.24 bits per heavy atom. The topological polar surface area (TPSA) is 61.0 Å². The van der Waals surface area contributed by atoms with Crippen molar-refractivity contribution in [1.29, 1.82) is 0 Å². The van der Waals surface area contributed by atoms with Gasteiger partial charge in [-0.05, 0) is 39.3 Å². The van der Waals surface area contributed by atoms with E-state index in [1.807, 2.05) is 11.9 Å². The van der Waals surface area contributed by atoms with E-state index in [0.717, 1.165) is 32.4 Å². The van der Waals surface area contributed by atoms with Gasteiger partial charge in [-0.25, -0.2) is 0 Å². The molecule has 1 atom stereocenters. The number of H-pyrrole nitrogens is 1. The highest BCUT2D eigenvalue weighted by Crippen LogP contribution is 2.21. The van der Waals surface area contributed by atoms with E-state index < -0.39 is 0 Å². The van der Waals surface area contributed by atoms with Crippen LogP contribution in [0.2, 0.25) is 0 Å². The number of nitrogens with one attached hydrogen (secondary N) is 2. The van der Waals surface area contributed by atoms with Crippen LogP contribution in [-0.2, 0) is 0 Å². The standard InChI is InChI=1S/C12H20N4O/c1-13-6-5-11-4-2-3-7-16(11)12(17)10-8-14-15-9-10/h8-9,11,13H,2-7H2,1H3,(H,14,15). The number of aromatic amines is 1. The third kappa shape index (κ3) is 2.85. The Bertz CT molecular complexity index is 349. The number of rotatable bonds is 4. The Balaban J connectivity index is 2.03. The summed E-state index contributed by atoms with van der Waals surface area (Å²) in [6, 6.07) is 0.374. The zero-order chi connectivity index (χ0) is 12.1. The van der Waals surface area contributed by atoms with Gasteiger partial charge >= 0.3 is 0 Å². The molecule has 2 N–H and O–H groups in total. The number of hydrogen-bond donors (Lipinski definition) is 2. The molecule has 1 aromatic rings. The first-order valence-corrected chi connectivity index (χ1v) is 6.27. The predicted octanol–water partition coefficient (Wildman–Crippen LogP) is 1.01. The summed E-state index contributed by atoms with van der Waals surface area (Å²) < 4.78 is 0. The summed E-state index contributed by atoms with van der Waals surface area (Å²) in [7, 11) is 1.95. The SMILES string of the molecule is CNCCC1CCCCN1C(=O)c1cn[nH]c1. The van der Waals surface area contributed by atoms with Gasteiger partial charge in [0.15, 0.2) is 0 Å². The van der Waals surface area contributed by atoms with Gasteiger partial charge < -0.3 is 10.2 Å². The summed E-state index contributed by atoms with van der Waals surface area (Å²) >= 11 is 0. The Kier molecular flexibility index (Phi) is 4.14. The molecule has 2 heterocycles. The van der Waals surface area contributed by atoms with Crippen molar-refractivity contribution in [2.24, 2.45) is 0 Å². The number of nitrogens with zero attached hydrogens (tertiary/aromatic N) is 2. The molecule has 1 saturated heterocycles. The van der Waals surface area contributed by atoms with Crippen molar-refractivity contribution in [3.05, 3.63) is 18.0 Å². The minimum absolute atomic E-state index is 0.111. The summed E-state index contributed by atoms with van der Waals surface area (Å²) in [6.45, 7) is 1.83. The quantitative estimate of drug-likeness (QED) is 0.820. The van der Waals surface area contributed by atoms with Gasteiger partial charge in [0.05, 0.1) is 11.8 Å². The molecule has 0 aromatic carbocycles. The molecule has 94 valence electrons. The van der Waals surface area contributed by atoms with Crippen LogP contribution in [0.1, 0.15) is 36.0 Å². The van der Waals surface area contributed by atoms with E-state index in [0.29, 0.717) is 11.6 Å². The van der Waals surface area contributed by atoms with Gasteiger partial charge in [-0.15, -0.1) is 0 Å². The fourth-order valence-corrected chi connectivity index (χ4v) is 2.41. The van der Waals surface area contributed by atoms with E-state index in [4.69, 9.17) is 0 Å². The van der Waals surface area contributed by atoms with Crippen molar-refractivity contribution >= 4 is 5.91 Å². The zero-order valence-corrected chi connectivity index (χ0v) is 10.3. The van der Waals surface area contributed by atoms with Gasteiger partial charge in [-0.3, -0.25) is 9.89 Å². The summed E-state index contributed by atoms with van der Waals surface area (Å²) in [5, 5.41) is 9.69. The van der Waals surface area contributed by atoms with Gasteiger partial charge in [0.25, 0.3) is 5.91 Å². The number of aromatic nitrogens is 2. The van der Waals surface area contributed by atoms with E-state index >= 15 is 0 Å². The molecule has 2 rings (SSSR count). The van der Waals surface area contributed by atoms with Crippen LogP contribution in [0.25, 0.3) is 0 Å². The van der Waals surface area contributed by atoms with E-state index in [2.05, 4.69) is 15.5 Å². The highest BCUT2D eigenvalue weighted by atomic mass is 16.2. The first kappa shape index (κ1) is 12.1. The predicted molar refractivity (Wildman–Crippen MR) is 65.8 cm³/mol. The minimum Gasteiger partial charge on any atom is -0.336 e. The van der Waals surface area contributed by atoms with Crippen molar-refractivity contribution in [2.45, 2.75) is 31.7 Å². The molecular weight excluding hydrogens is 216 g/mol. The molecule has 17 heavy (non-hydrogen) atoms. The van der Waals surface area contributed by atoms with E-state index in [1.54, 1.807) is 12.4 Å². The maximum atomic E-state index is 12.3. The van der Waals surface area contributed by atoms with Crippen molar-refractivity contribution < 1.29 is 4.79 Å². The third-order valence-corrected chi connectivity index (χ3v) is 3.36. The number of carbonyl (C=O) groups is 1. The molecule has 1 aliphatic rings. The Morgan fingerprint density at radius 2 is 2.53 bits per heavy atom. The average Bonchev–Trinajstić information content (AvgIpc) is 2.89. The lowest BCUT2D eigenvalue weighted by Crippen LogP contribution is -2.44. The van der Waals surface area contributed by atoms with Crippen LogP contribution in [0.5, 0.6) is 0 Å². The van der Waals surface area contributed by atoms with Crippen LogP contribution < -0.4 is 5.32 Å². The summed E-state index contributed by atoms with van der Waals surface area (Å²) in [6.07, 6.45) is 7.76. The molecule has 5 heteroatoms. The van der Waals surface area contributed by atoms with Gasteiger partial charge in [-0.1, -0.05) is 0 Å². The van der Waals surface area contributed by atoms with Crippen LogP contribution >= 0.6 is 0 Å². The number of piperidine rings is 1. The Labute approximate surface area is 102 Å². The molecule has 1 unspecified atom stereocenters. The van der Waals surface area contributed by atoms with Crippen molar-refractivity contribution in [1.82, 2.24) is 20.4 Å². The van der Waals surface area contributed by atoms with Crippen molar-refractivity contribution in [3.8, 4) is 0 Å². The summed E-state index contributed by atoms with van der Waals surface area (Å²) in [4.78, 5) is 14.3. The summed E-state index contributed by atoms with van der Waals surface area (Å²) in [5.41, 5.74) is 0.668. The van der Waals surface area contributed by atoms with E-state index in [1.165, 1.54) is 6.42 Å². The fraction of sp³-hybridized carbons (Fsp3) is 0.667. The molecule has 0 radical (unpaired) electrons. The number of hydrogen-bond acceptors (Lipinski definition) is 3. The summed E-state index contributed by atoms with van der Waals surface area (Å²) in [5.74, 6) is 0.111. The highest BCUT2D eigenvalue weighted by molar-refractivity contribution is 5.93. The molecule has 1 amide bonds. The van der Waals surface area contributed by atoms with Gasteiger partial charge in [0.2, 0.25) is 0 Å². The second-order valence-electron chi connectivity index (χ2n) is 4.53. The molecule has 1 aliphatic heterocycles. The number of carbonyl (C=O) groups excluding carboxylic acids is 1. The lowest BCUT2D eigenvalue weighted by atomic mass is 9.98. The van der Waals surface area contributed by atoms with Crippen molar-refractivity contribution in [2.75, 3.05) is 20.1 Å². The molecule has 0 bridgehead atoms. The minimum atomic E-state index is 0.111. The largest absolute Gasteiger partial charge is 0.336 e. The molecule has 0 saturated carbocycles. The maximum absolute atomic E-state index is 12.3. The van der Waals surface area contributed by atoms with Crippen LogP contribution in [0.15, 0.2) is 12.4 Å². The number of likely N-dealkylation sites (tertiary alicyclic amines) is 1. The van der Waals surface area contributed by atoms with Gasteiger partial charge in [0.1, 0.15) is 0 Å². The Hall–Kier alpha value is -1.36. The first-order chi connectivity index (χ1) is 8.33. The Morgan fingerprint density at radius 1 is 1.65 bits per heavy atom. The molecule has 1 fully saturated rings. The third-order valence-electron chi connectivity index (χ3n) is 3.36. The van der Waals surface area contributed by atoms with Crippen LogP contribution in [0.3, 0.4) is 0 Å². The van der Waals surface area contributed by atoms with E-state index in [-0.39, 0.29) is 5.91 Å². The lowest BCUT2D eigenvalue weighted by Gasteiger charge is -2.35. The lowest BCUT2D eigenvalue weighted by molar-refractivity contribution is 0.0602.